The highest BCUT2D eigenvalue weighted by atomic mass is 19.3. The summed E-state index contributed by atoms with van der Waals surface area (Å²) in [6, 6.07) is 6.94. The van der Waals surface area contributed by atoms with Gasteiger partial charge < -0.3 is 10.2 Å². The Morgan fingerprint density at radius 2 is 1.68 bits per heavy atom. The molecule has 1 heterocycles. The molecule has 3 rings (SSSR count). The van der Waals surface area contributed by atoms with Gasteiger partial charge >= 0.3 is 0 Å². The minimum Gasteiger partial charge on any atom is -0.339 e. The van der Waals surface area contributed by atoms with Crippen molar-refractivity contribution in [2.45, 2.75) is 50.9 Å². The summed E-state index contributed by atoms with van der Waals surface area (Å²) in [5.41, 5.74) is 0.944. The van der Waals surface area contributed by atoms with Crippen molar-refractivity contribution in [2.24, 2.45) is 5.92 Å². The third-order valence-electron chi connectivity index (χ3n) is 5.15. The molecule has 1 aromatic rings. The van der Waals surface area contributed by atoms with Crippen LogP contribution in [0.3, 0.4) is 0 Å². The van der Waals surface area contributed by atoms with Crippen molar-refractivity contribution in [3.05, 3.63) is 29.8 Å². The predicted molar refractivity (Wildman–Crippen MR) is 91.7 cm³/mol. The van der Waals surface area contributed by atoms with Crippen molar-refractivity contribution in [1.82, 2.24) is 4.90 Å². The van der Waals surface area contributed by atoms with Crippen molar-refractivity contribution in [3.63, 3.8) is 0 Å². The maximum Gasteiger partial charge on any atom is 0.255 e. The van der Waals surface area contributed by atoms with E-state index in [1.165, 1.54) is 0 Å². The number of halogens is 2. The van der Waals surface area contributed by atoms with Crippen LogP contribution in [0.1, 0.15) is 55.3 Å². The molecule has 0 radical (unpaired) electrons. The average molecular weight is 350 g/mol. The van der Waals surface area contributed by atoms with Crippen LogP contribution in [0.15, 0.2) is 24.3 Å². The molecule has 136 valence electrons. The number of carbonyl (C=O) groups excluding carboxylic acids is 2. The number of anilines is 1. The Labute approximate surface area is 146 Å². The Kier molecular flexibility index (Phi) is 5.35. The Morgan fingerprint density at radius 1 is 1.04 bits per heavy atom. The average Bonchev–Trinajstić information content (AvgIpc) is 2.62. The summed E-state index contributed by atoms with van der Waals surface area (Å²) < 4.78 is 26.5. The van der Waals surface area contributed by atoms with Crippen LogP contribution >= 0.6 is 0 Å². The zero-order chi connectivity index (χ0) is 17.9. The summed E-state index contributed by atoms with van der Waals surface area (Å²) in [4.78, 5) is 27.0. The molecule has 0 bridgehead atoms. The first-order valence-corrected chi connectivity index (χ1v) is 9.03. The highest BCUT2D eigenvalue weighted by Gasteiger charge is 2.37. The van der Waals surface area contributed by atoms with E-state index in [0.29, 0.717) is 11.3 Å². The van der Waals surface area contributed by atoms with Gasteiger partial charge in [-0.15, -0.1) is 0 Å². The Morgan fingerprint density at radius 3 is 2.36 bits per heavy atom. The molecule has 1 aromatic carbocycles. The van der Waals surface area contributed by atoms with Crippen LogP contribution in [-0.4, -0.2) is 35.7 Å². The number of alkyl halides is 2. The summed E-state index contributed by atoms with van der Waals surface area (Å²) in [6.45, 7) is 1.47. The van der Waals surface area contributed by atoms with E-state index >= 15 is 0 Å². The lowest BCUT2D eigenvalue weighted by atomic mass is 9.86. The van der Waals surface area contributed by atoms with Gasteiger partial charge in [0.1, 0.15) is 0 Å². The number of rotatable bonds is 3. The lowest BCUT2D eigenvalue weighted by Crippen LogP contribution is -2.36. The molecule has 1 N–H and O–H groups in total. The fraction of sp³-hybridized carbons (Fsp3) is 0.579. The summed E-state index contributed by atoms with van der Waals surface area (Å²) in [7, 11) is 0. The number of nitrogens with one attached hydrogen (secondary N) is 1. The van der Waals surface area contributed by atoms with Crippen LogP contribution in [0, 0.1) is 5.92 Å². The number of benzene rings is 1. The van der Waals surface area contributed by atoms with Gasteiger partial charge in [-0.05, 0) is 44.2 Å². The van der Waals surface area contributed by atoms with E-state index in [2.05, 4.69) is 5.32 Å². The number of piperidine rings is 1. The van der Waals surface area contributed by atoms with Gasteiger partial charge in [0.2, 0.25) is 11.8 Å². The summed E-state index contributed by atoms with van der Waals surface area (Å²) in [5.74, 6) is -3.42. The van der Waals surface area contributed by atoms with Crippen molar-refractivity contribution in [2.75, 3.05) is 18.4 Å². The third-order valence-corrected chi connectivity index (χ3v) is 5.15. The number of likely N-dealkylation sites (tertiary alicyclic amines) is 1. The third kappa shape index (κ3) is 4.35. The molecule has 0 aromatic heterocycles. The molecular formula is C19H24F2N2O2. The van der Waals surface area contributed by atoms with Crippen molar-refractivity contribution >= 4 is 17.5 Å². The second-order valence-corrected chi connectivity index (χ2v) is 7.02. The number of para-hydroxylation sites is 1. The maximum absolute atomic E-state index is 13.3. The highest BCUT2D eigenvalue weighted by Crippen LogP contribution is 2.36. The van der Waals surface area contributed by atoms with Crippen LogP contribution in [0.4, 0.5) is 14.5 Å². The van der Waals surface area contributed by atoms with Gasteiger partial charge in [0.25, 0.3) is 5.91 Å². The zero-order valence-corrected chi connectivity index (χ0v) is 14.3. The SMILES string of the molecule is O=C(Nc1ccccc1C(=O)N1CCCCC1)C1CCC(F)(F)CC1. The van der Waals surface area contributed by atoms with Gasteiger partial charge in [-0.2, -0.15) is 0 Å². The second-order valence-electron chi connectivity index (χ2n) is 7.02. The van der Waals surface area contributed by atoms with E-state index < -0.39 is 11.8 Å². The number of hydrogen-bond donors (Lipinski definition) is 1. The molecule has 2 amide bonds. The smallest absolute Gasteiger partial charge is 0.255 e. The number of carbonyl (C=O) groups is 2. The first-order chi connectivity index (χ1) is 12.0. The van der Waals surface area contributed by atoms with E-state index in [1.807, 2.05) is 4.90 Å². The van der Waals surface area contributed by atoms with Gasteiger partial charge in [0.05, 0.1) is 11.3 Å². The molecule has 1 saturated carbocycles. The first-order valence-electron chi connectivity index (χ1n) is 9.03. The highest BCUT2D eigenvalue weighted by molar-refractivity contribution is 6.04. The van der Waals surface area contributed by atoms with Gasteiger partial charge in [-0.3, -0.25) is 9.59 Å². The molecule has 0 unspecified atom stereocenters. The van der Waals surface area contributed by atoms with E-state index in [0.717, 1.165) is 32.4 Å². The summed E-state index contributed by atoms with van der Waals surface area (Å²) >= 11 is 0. The van der Waals surface area contributed by atoms with Crippen LogP contribution < -0.4 is 5.32 Å². The van der Waals surface area contributed by atoms with Gasteiger partial charge in [0.15, 0.2) is 0 Å². The normalized spacial score (nSPS) is 21.0. The molecule has 2 fully saturated rings. The fourth-order valence-corrected chi connectivity index (χ4v) is 3.58. The van der Waals surface area contributed by atoms with E-state index in [1.54, 1.807) is 24.3 Å². The lowest BCUT2D eigenvalue weighted by molar-refractivity contribution is -0.124. The van der Waals surface area contributed by atoms with Gasteiger partial charge in [-0.1, -0.05) is 12.1 Å². The van der Waals surface area contributed by atoms with Crippen molar-refractivity contribution in [1.29, 1.82) is 0 Å². The molecular weight excluding hydrogens is 326 g/mol. The Hall–Kier alpha value is -1.98. The molecule has 0 atom stereocenters. The van der Waals surface area contributed by atoms with Crippen LogP contribution in [-0.2, 0) is 4.79 Å². The summed E-state index contributed by atoms with van der Waals surface area (Å²) in [6.07, 6.45) is 2.99. The lowest BCUT2D eigenvalue weighted by Gasteiger charge is -2.29. The number of nitrogens with zero attached hydrogens (tertiary/aromatic N) is 1. The monoisotopic (exact) mass is 350 g/mol. The second kappa shape index (κ2) is 7.50. The van der Waals surface area contributed by atoms with Gasteiger partial charge in [0, 0.05) is 31.8 Å². The van der Waals surface area contributed by atoms with Crippen molar-refractivity contribution in [3.8, 4) is 0 Å². The standard InChI is InChI=1S/C19H24F2N2O2/c20-19(21)10-8-14(9-11-19)17(24)22-16-7-3-2-6-15(16)18(25)23-12-4-1-5-13-23/h2-3,6-7,14H,1,4-5,8-13H2,(H,22,24). The largest absolute Gasteiger partial charge is 0.339 e. The fourth-order valence-electron chi connectivity index (χ4n) is 3.58. The minimum atomic E-state index is -2.65. The van der Waals surface area contributed by atoms with E-state index in [9.17, 15) is 18.4 Å². The van der Waals surface area contributed by atoms with Crippen molar-refractivity contribution < 1.29 is 18.4 Å². The van der Waals surface area contributed by atoms with Crippen LogP contribution in [0.5, 0.6) is 0 Å². The topological polar surface area (TPSA) is 49.4 Å². The molecule has 0 spiro atoms. The van der Waals surface area contributed by atoms with Crippen LogP contribution in [0.2, 0.25) is 0 Å². The Balaban J connectivity index is 1.68. The quantitative estimate of drug-likeness (QED) is 0.893. The zero-order valence-electron chi connectivity index (χ0n) is 14.3. The van der Waals surface area contributed by atoms with E-state index in [4.69, 9.17) is 0 Å². The number of amides is 2. The van der Waals surface area contributed by atoms with Crippen LogP contribution in [0.25, 0.3) is 0 Å². The molecule has 2 aliphatic rings. The molecule has 4 nitrogen and oxygen atoms in total. The molecule has 6 heteroatoms. The van der Waals surface area contributed by atoms with Gasteiger partial charge in [-0.25, -0.2) is 8.78 Å². The molecule has 1 saturated heterocycles. The maximum atomic E-state index is 13.3. The summed E-state index contributed by atoms with van der Waals surface area (Å²) in [5, 5.41) is 2.80. The molecule has 1 aliphatic heterocycles. The molecule has 25 heavy (non-hydrogen) atoms. The Bertz CT molecular complexity index is 632. The molecule has 1 aliphatic carbocycles. The van der Waals surface area contributed by atoms with E-state index in [-0.39, 0.29) is 37.5 Å². The first kappa shape index (κ1) is 17.8. The minimum absolute atomic E-state index is 0.0780. The predicted octanol–water partition coefficient (Wildman–Crippen LogP) is 4.08. The number of hydrogen-bond acceptors (Lipinski definition) is 2.